The summed E-state index contributed by atoms with van der Waals surface area (Å²) in [6, 6.07) is 0. The van der Waals surface area contributed by atoms with Gasteiger partial charge >= 0.3 is 0 Å². The van der Waals surface area contributed by atoms with Gasteiger partial charge in [-0.15, -0.1) is 11.3 Å². The van der Waals surface area contributed by atoms with E-state index in [2.05, 4.69) is 15.0 Å². The van der Waals surface area contributed by atoms with Crippen molar-refractivity contribution < 1.29 is 0 Å². The van der Waals surface area contributed by atoms with E-state index in [1.54, 1.807) is 23.7 Å². The molecule has 2 heterocycles. The first-order valence-electron chi connectivity index (χ1n) is 3.76. The van der Waals surface area contributed by atoms with E-state index < -0.39 is 0 Å². The number of nitrogens with two attached hydrogens (primary N) is 1. The van der Waals surface area contributed by atoms with Gasteiger partial charge in [-0.1, -0.05) is 0 Å². The van der Waals surface area contributed by atoms with E-state index in [1.165, 1.54) is 0 Å². The molecule has 2 rings (SSSR count). The normalized spacial score (nSPS) is 10.2. The van der Waals surface area contributed by atoms with Gasteiger partial charge < -0.3 is 5.73 Å². The van der Waals surface area contributed by atoms with Gasteiger partial charge in [-0.3, -0.25) is 0 Å². The van der Waals surface area contributed by atoms with E-state index in [9.17, 15) is 0 Å². The van der Waals surface area contributed by atoms with Crippen molar-refractivity contribution >= 4 is 17.3 Å². The summed E-state index contributed by atoms with van der Waals surface area (Å²) in [6.07, 6.45) is 3.36. The Morgan fingerprint density at radius 3 is 2.54 bits per heavy atom. The van der Waals surface area contributed by atoms with Crippen LogP contribution < -0.4 is 5.73 Å². The first kappa shape index (κ1) is 8.12. The third kappa shape index (κ3) is 1.65. The molecular weight excluding hydrogens is 184 g/mol. The quantitative estimate of drug-likeness (QED) is 0.743. The first-order chi connectivity index (χ1) is 6.25. The third-order valence-electron chi connectivity index (χ3n) is 1.54. The monoisotopic (exact) mass is 192 g/mol. The second-order valence-electron chi connectivity index (χ2n) is 2.62. The van der Waals surface area contributed by atoms with Gasteiger partial charge in [0.15, 0.2) is 0 Å². The van der Waals surface area contributed by atoms with E-state index in [1.807, 2.05) is 12.3 Å². The number of anilines is 1. The summed E-state index contributed by atoms with van der Waals surface area (Å²) in [6.45, 7) is 1.96. The highest BCUT2D eigenvalue weighted by Crippen LogP contribution is 2.21. The van der Waals surface area contributed by atoms with Gasteiger partial charge in [0, 0.05) is 29.0 Å². The van der Waals surface area contributed by atoms with Crippen LogP contribution in [0.2, 0.25) is 0 Å². The Morgan fingerprint density at radius 2 is 2.00 bits per heavy atom. The smallest absolute Gasteiger partial charge is 0.219 e. The fourth-order valence-electron chi connectivity index (χ4n) is 0.935. The zero-order valence-electron chi connectivity index (χ0n) is 7.06. The predicted octanol–water partition coefficient (Wildman–Crippen LogP) is 1.49. The van der Waals surface area contributed by atoms with Gasteiger partial charge in [-0.2, -0.15) is 0 Å². The van der Waals surface area contributed by atoms with Gasteiger partial charge in [-0.25, -0.2) is 15.0 Å². The number of hydrogen-bond donors (Lipinski definition) is 1. The van der Waals surface area contributed by atoms with Crippen molar-refractivity contribution in [3.8, 4) is 10.6 Å². The minimum absolute atomic E-state index is 0.289. The Labute approximate surface area is 79.5 Å². The van der Waals surface area contributed by atoms with E-state index in [4.69, 9.17) is 5.73 Å². The van der Waals surface area contributed by atoms with Crippen molar-refractivity contribution in [2.24, 2.45) is 0 Å². The molecule has 0 fully saturated rings. The average molecular weight is 192 g/mol. The molecule has 2 aromatic heterocycles. The fourth-order valence-corrected chi connectivity index (χ4v) is 1.71. The standard InChI is InChI=1S/C8H8N4S/c1-5-4-13-7(12-5)6-2-10-8(9)11-3-6/h2-4H,1H3,(H2,9,10,11). The molecule has 0 unspecified atom stereocenters. The highest BCUT2D eigenvalue weighted by Gasteiger charge is 2.02. The van der Waals surface area contributed by atoms with Crippen molar-refractivity contribution in [3.05, 3.63) is 23.5 Å². The summed E-state index contributed by atoms with van der Waals surface area (Å²) in [5.41, 5.74) is 7.29. The molecule has 0 aliphatic carbocycles. The summed E-state index contributed by atoms with van der Waals surface area (Å²) >= 11 is 1.58. The van der Waals surface area contributed by atoms with Crippen molar-refractivity contribution in [3.63, 3.8) is 0 Å². The van der Waals surface area contributed by atoms with Crippen LogP contribution in [0.3, 0.4) is 0 Å². The molecule has 66 valence electrons. The van der Waals surface area contributed by atoms with Gasteiger partial charge in [-0.05, 0) is 6.92 Å². The summed E-state index contributed by atoms with van der Waals surface area (Å²) in [7, 11) is 0. The molecule has 4 nitrogen and oxygen atoms in total. The molecular formula is C8H8N4S. The Bertz CT molecular complexity index is 406. The lowest BCUT2D eigenvalue weighted by Gasteiger charge is -1.94. The zero-order valence-corrected chi connectivity index (χ0v) is 7.88. The Morgan fingerprint density at radius 1 is 1.31 bits per heavy atom. The molecule has 0 aromatic carbocycles. The maximum absolute atomic E-state index is 5.37. The average Bonchev–Trinajstić information content (AvgIpc) is 2.53. The maximum atomic E-state index is 5.37. The molecule has 5 heteroatoms. The van der Waals surface area contributed by atoms with Crippen molar-refractivity contribution in [2.75, 3.05) is 5.73 Å². The molecule has 0 saturated carbocycles. The van der Waals surface area contributed by atoms with Crippen LogP contribution in [0.15, 0.2) is 17.8 Å². The van der Waals surface area contributed by atoms with E-state index in [0.717, 1.165) is 16.3 Å². The molecule has 0 saturated heterocycles. The molecule has 2 aromatic rings. The molecule has 0 atom stereocenters. The highest BCUT2D eigenvalue weighted by molar-refractivity contribution is 7.13. The van der Waals surface area contributed by atoms with Crippen LogP contribution in [0.5, 0.6) is 0 Å². The maximum Gasteiger partial charge on any atom is 0.219 e. The van der Waals surface area contributed by atoms with Gasteiger partial charge in [0.05, 0.1) is 0 Å². The molecule has 0 radical (unpaired) electrons. The zero-order chi connectivity index (χ0) is 9.26. The number of hydrogen-bond acceptors (Lipinski definition) is 5. The van der Waals surface area contributed by atoms with Gasteiger partial charge in [0.1, 0.15) is 5.01 Å². The van der Waals surface area contributed by atoms with Crippen LogP contribution in [-0.4, -0.2) is 15.0 Å². The summed E-state index contributed by atoms with van der Waals surface area (Å²) < 4.78 is 0. The Balaban J connectivity index is 2.41. The van der Waals surface area contributed by atoms with Gasteiger partial charge in [0.2, 0.25) is 5.95 Å². The molecule has 0 amide bonds. The van der Waals surface area contributed by atoms with E-state index in [-0.39, 0.29) is 5.95 Å². The first-order valence-corrected chi connectivity index (χ1v) is 4.64. The Hall–Kier alpha value is -1.49. The second kappa shape index (κ2) is 3.10. The Kier molecular flexibility index (Phi) is 1.94. The lowest BCUT2D eigenvalue weighted by molar-refractivity contribution is 1.18. The van der Waals surface area contributed by atoms with Crippen LogP contribution in [-0.2, 0) is 0 Å². The molecule has 0 aliphatic heterocycles. The molecule has 13 heavy (non-hydrogen) atoms. The van der Waals surface area contributed by atoms with E-state index >= 15 is 0 Å². The molecule has 0 spiro atoms. The third-order valence-corrected chi connectivity index (χ3v) is 2.55. The van der Waals surface area contributed by atoms with Crippen LogP contribution in [0.1, 0.15) is 5.69 Å². The van der Waals surface area contributed by atoms with Crippen LogP contribution in [0.4, 0.5) is 5.95 Å². The molecule has 0 bridgehead atoms. The number of nitrogen functional groups attached to an aromatic ring is 1. The number of aryl methyl sites for hydroxylation is 1. The lowest BCUT2D eigenvalue weighted by Crippen LogP contribution is -1.93. The summed E-state index contributed by atoms with van der Waals surface area (Å²) in [5, 5.41) is 2.92. The number of aromatic nitrogens is 3. The van der Waals surface area contributed by atoms with E-state index in [0.29, 0.717) is 0 Å². The van der Waals surface area contributed by atoms with Gasteiger partial charge in [0.25, 0.3) is 0 Å². The number of rotatable bonds is 1. The SMILES string of the molecule is Cc1csc(-c2cnc(N)nc2)n1. The number of nitrogens with zero attached hydrogens (tertiary/aromatic N) is 3. The van der Waals surface area contributed by atoms with Crippen molar-refractivity contribution in [2.45, 2.75) is 6.92 Å². The fraction of sp³-hybridized carbons (Fsp3) is 0.125. The second-order valence-corrected chi connectivity index (χ2v) is 3.48. The minimum Gasteiger partial charge on any atom is -0.368 e. The van der Waals surface area contributed by atoms with Crippen molar-refractivity contribution in [1.82, 2.24) is 15.0 Å². The summed E-state index contributed by atoms with van der Waals surface area (Å²) in [5.74, 6) is 0.289. The topological polar surface area (TPSA) is 64.7 Å². The predicted molar refractivity (Wildman–Crippen MR) is 52.3 cm³/mol. The lowest BCUT2D eigenvalue weighted by atomic mass is 10.3. The summed E-state index contributed by atoms with van der Waals surface area (Å²) in [4.78, 5) is 12.1. The van der Waals surface area contributed by atoms with Crippen LogP contribution in [0, 0.1) is 6.92 Å². The minimum atomic E-state index is 0.289. The number of thiazole rings is 1. The van der Waals surface area contributed by atoms with Crippen LogP contribution in [0.25, 0.3) is 10.6 Å². The van der Waals surface area contributed by atoms with Crippen molar-refractivity contribution in [1.29, 1.82) is 0 Å². The molecule has 0 aliphatic rings. The molecule has 2 N–H and O–H groups in total. The largest absolute Gasteiger partial charge is 0.368 e. The highest BCUT2D eigenvalue weighted by atomic mass is 32.1. The van der Waals surface area contributed by atoms with Crippen LogP contribution >= 0.6 is 11.3 Å².